The molecule has 0 spiro atoms. The van der Waals surface area contributed by atoms with E-state index in [0.717, 1.165) is 25.9 Å². The van der Waals surface area contributed by atoms with Gasteiger partial charge in [0.15, 0.2) is 5.78 Å². The Hall–Kier alpha value is -1.26. The van der Waals surface area contributed by atoms with Crippen LogP contribution in [0.1, 0.15) is 23.2 Å². The Kier molecular flexibility index (Phi) is 4.66. The van der Waals surface area contributed by atoms with E-state index < -0.39 is 0 Å². The molecule has 0 atom stereocenters. The Balaban J connectivity index is 1.91. The Morgan fingerprint density at radius 3 is 2.74 bits per heavy atom. The Morgan fingerprint density at radius 2 is 2.11 bits per heavy atom. The molecule has 0 aliphatic carbocycles. The zero-order valence-electron chi connectivity index (χ0n) is 11.6. The number of hydrogen-bond acceptors (Lipinski definition) is 3. The molecule has 0 unspecified atom stereocenters. The molecule has 3 nitrogen and oxygen atoms in total. The number of rotatable bonds is 4. The summed E-state index contributed by atoms with van der Waals surface area (Å²) in [5, 5.41) is 0. The van der Waals surface area contributed by atoms with Gasteiger partial charge in [-0.05, 0) is 52.2 Å². The van der Waals surface area contributed by atoms with Crippen molar-refractivity contribution in [3.63, 3.8) is 0 Å². The number of piperidine rings is 1. The summed E-state index contributed by atoms with van der Waals surface area (Å²) in [6.45, 7) is 2.50. The Bertz CT molecular complexity index is 442. The molecule has 4 heteroatoms. The van der Waals surface area contributed by atoms with E-state index in [0.29, 0.717) is 18.2 Å². The Morgan fingerprint density at radius 1 is 1.42 bits per heavy atom. The number of likely N-dealkylation sites (N-methyl/N-ethyl adjacent to an activating group) is 1. The number of carbonyl (C=O) groups excluding carboxylic acids is 1. The number of ketones is 1. The quantitative estimate of drug-likeness (QED) is 0.778. The molecule has 19 heavy (non-hydrogen) atoms. The van der Waals surface area contributed by atoms with Gasteiger partial charge in [0.25, 0.3) is 0 Å². The van der Waals surface area contributed by atoms with Gasteiger partial charge >= 0.3 is 0 Å². The van der Waals surface area contributed by atoms with Crippen molar-refractivity contribution in [2.75, 3.05) is 33.7 Å². The molecule has 0 bridgehead atoms. The fourth-order valence-corrected chi connectivity index (χ4v) is 2.54. The zero-order valence-corrected chi connectivity index (χ0v) is 11.6. The summed E-state index contributed by atoms with van der Waals surface area (Å²) >= 11 is 0. The number of nitrogens with zero attached hydrogens (tertiary/aromatic N) is 2. The van der Waals surface area contributed by atoms with Gasteiger partial charge in [-0.15, -0.1) is 0 Å². The second-order valence-electron chi connectivity index (χ2n) is 5.38. The third-order valence-electron chi connectivity index (χ3n) is 3.85. The minimum Gasteiger partial charge on any atom is -0.306 e. The minimum absolute atomic E-state index is 0.0130. The van der Waals surface area contributed by atoms with Crippen LogP contribution in [0.2, 0.25) is 0 Å². The molecule has 1 aromatic rings. The normalized spacial score (nSPS) is 17.9. The summed E-state index contributed by atoms with van der Waals surface area (Å²) < 4.78 is 13.1. The van der Waals surface area contributed by atoms with E-state index in [-0.39, 0.29) is 11.6 Å². The molecule has 0 N–H and O–H groups in total. The molecule has 0 saturated carbocycles. The largest absolute Gasteiger partial charge is 0.306 e. The van der Waals surface area contributed by atoms with Crippen molar-refractivity contribution in [2.45, 2.75) is 18.9 Å². The average Bonchev–Trinajstić information content (AvgIpc) is 2.39. The third kappa shape index (κ3) is 3.85. The lowest BCUT2D eigenvalue weighted by Crippen LogP contribution is -2.43. The van der Waals surface area contributed by atoms with E-state index in [9.17, 15) is 9.18 Å². The first-order valence-electron chi connectivity index (χ1n) is 6.74. The van der Waals surface area contributed by atoms with Crippen LogP contribution in [0.15, 0.2) is 24.3 Å². The van der Waals surface area contributed by atoms with E-state index >= 15 is 0 Å². The molecule has 1 aliphatic heterocycles. The highest BCUT2D eigenvalue weighted by Crippen LogP contribution is 2.15. The van der Waals surface area contributed by atoms with Gasteiger partial charge in [-0.3, -0.25) is 9.69 Å². The van der Waals surface area contributed by atoms with E-state index in [4.69, 9.17) is 0 Å². The van der Waals surface area contributed by atoms with Crippen LogP contribution in [0, 0.1) is 5.82 Å². The van der Waals surface area contributed by atoms with E-state index in [2.05, 4.69) is 16.8 Å². The topological polar surface area (TPSA) is 23.6 Å². The smallest absolute Gasteiger partial charge is 0.176 e. The fourth-order valence-electron chi connectivity index (χ4n) is 2.54. The van der Waals surface area contributed by atoms with Crippen LogP contribution in [0.25, 0.3) is 0 Å². The summed E-state index contributed by atoms with van der Waals surface area (Å²) in [5.74, 6) is -0.367. The Labute approximate surface area is 114 Å². The highest BCUT2D eigenvalue weighted by atomic mass is 19.1. The van der Waals surface area contributed by atoms with Crippen LogP contribution >= 0.6 is 0 Å². The number of benzene rings is 1. The standard InChI is InChI=1S/C15H21FN2O/c1-17-8-6-14(7-9-17)18(2)11-15(19)12-4-3-5-13(16)10-12/h3-5,10,14H,6-9,11H2,1-2H3. The molecule has 0 amide bonds. The van der Waals surface area contributed by atoms with Gasteiger partial charge in [-0.25, -0.2) is 4.39 Å². The van der Waals surface area contributed by atoms with Crippen LogP contribution in [-0.2, 0) is 0 Å². The maximum absolute atomic E-state index is 13.1. The second-order valence-corrected chi connectivity index (χ2v) is 5.38. The summed E-state index contributed by atoms with van der Waals surface area (Å²) in [4.78, 5) is 16.5. The predicted octanol–water partition coefficient (Wildman–Crippen LogP) is 2.03. The third-order valence-corrected chi connectivity index (χ3v) is 3.85. The van der Waals surface area contributed by atoms with Crippen molar-refractivity contribution in [3.05, 3.63) is 35.6 Å². The van der Waals surface area contributed by atoms with Gasteiger partial charge in [0, 0.05) is 11.6 Å². The average molecular weight is 264 g/mol. The van der Waals surface area contributed by atoms with Crippen LogP contribution < -0.4 is 0 Å². The van der Waals surface area contributed by atoms with Gasteiger partial charge in [0.05, 0.1) is 6.54 Å². The van der Waals surface area contributed by atoms with Crippen LogP contribution in [0.5, 0.6) is 0 Å². The lowest BCUT2D eigenvalue weighted by molar-refractivity contribution is 0.0871. The molecule has 1 aliphatic rings. The van der Waals surface area contributed by atoms with Crippen molar-refractivity contribution in [1.29, 1.82) is 0 Å². The van der Waals surface area contributed by atoms with E-state index in [1.807, 2.05) is 7.05 Å². The van der Waals surface area contributed by atoms with Gasteiger partial charge in [0.2, 0.25) is 0 Å². The molecule has 2 rings (SSSR count). The van der Waals surface area contributed by atoms with E-state index in [1.165, 1.54) is 12.1 Å². The molecular formula is C15H21FN2O. The summed E-state index contributed by atoms with van der Waals surface area (Å²) in [6, 6.07) is 6.38. The number of Topliss-reactive ketones (excluding diaryl/α,β-unsaturated/α-hetero) is 1. The van der Waals surface area contributed by atoms with Gasteiger partial charge in [-0.2, -0.15) is 0 Å². The lowest BCUT2D eigenvalue weighted by Gasteiger charge is -2.34. The molecule has 0 aromatic heterocycles. The molecule has 1 fully saturated rings. The van der Waals surface area contributed by atoms with E-state index in [1.54, 1.807) is 12.1 Å². The van der Waals surface area contributed by atoms with Crippen LogP contribution in [0.3, 0.4) is 0 Å². The monoisotopic (exact) mass is 264 g/mol. The number of hydrogen-bond donors (Lipinski definition) is 0. The molecule has 0 radical (unpaired) electrons. The zero-order chi connectivity index (χ0) is 13.8. The minimum atomic E-state index is -0.354. The predicted molar refractivity (Wildman–Crippen MR) is 73.9 cm³/mol. The number of likely N-dealkylation sites (tertiary alicyclic amines) is 1. The molecule has 1 saturated heterocycles. The van der Waals surface area contributed by atoms with Crippen molar-refractivity contribution >= 4 is 5.78 Å². The van der Waals surface area contributed by atoms with Crippen LogP contribution in [0.4, 0.5) is 4.39 Å². The molecule has 1 aromatic carbocycles. The van der Waals surface area contributed by atoms with Crippen LogP contribution in [-0.4, -0.2) is 55.4 Å². The maximum atomic E-state index is 13.1. The highest BCUT2D eigenvalue weighted by molar-refractivity contribution is 5.97. The SMILES string of the molecule is CN1CCC(N(C)CC(=O)c2cccc(F)c2)CC1. The van der Waals surface area contributed by atoms with Crippen molar-refractivity contribution in [3.8, 4) is 0 Å². The van der Waals surface area contributed by atoms with Gasteiger partial charge in [-0.1, -0.05) is 12.1 Å². The molecule has 1 heterocycles. The first-order valence-corrected chi connectivity index (χ1v) is 6.74. The lowest BCUT2D eigenvalue weighted by atomic mass is 10.0. The summed E-state index contributed by atoms with van der Waals surface area (Å²) in [6.07, 6.45) is 2.17. The number of carbonyl (C=O) groups is 1. The fraction of sp³-hybridized carbons (Fsp3) is 0.533. The van der Waals surface area contributed by atoms with Gasteiger partial charge < -0.3 is 4.90 Å². The van der Waals surface area contributed by atoms with Gasteiger partial charge in [0.1, 0.15) is 5.82 Å². The maximum Gasteiger partial charge on any atom is 0.176 e. The highest BCUT2D eigenvalue weighted by Gasteiger charge is 2.22. The first-order chi connectivity index (χ1) is 9.06. The summed E-state index contributed by atoms with van der Waals surface area (Å²) in [7, 11) is 4.10. The summed E-state index contributed by atoms with van der Waals surface area (Å²) in [5.41, 5.74) is 0.458. The molecule has 104 valence electrons. The first kappa shape index (κ1) is 14.2. The number of halogens is 1. The second kappa shape index (κ2) is 6.26. The van der Waals surface area contributed by atoms with Crippen molar-refractivity contribution < 1.29 is 9.18 Å². The van der Waals surface area contributed by atoms with Crippen molar-refractivity contribution in [2.24, 2.45) is 0 Å². The molecular weight excluding hydrogens is 243 g/mol. The van der Waals surface area contributed by atoms with Crippen molar-refractivity contribution in [1.82, 2.24) is 9.80 Å².